The van der Waals surface area contributed by atoms with Gasteiger partial charge in [0.2, 0.25) is 0 Å². The molecule has 17 heavy (non-hydrogen) atoms. The molecule has 0 bridgehead atoms. The van der Waals surface area contributed by atoms with E-state index < -0.39 is 0 Å². The molecule has 0 atom stereocenters. The highest BCUT2D eigenvalue weighted by Crippen LogP contribution is 2.17. The van der Waals surface area contributed by atoms with Gasteiger partial charge in [-0.05, 0) is 19.1 Å². The van der Waals surface area contributed by atoms with Crippen LogP contribution in [0.3, 0.4) is 0 Å². The van der Waals surface area contributed by atoms with E-state index in [1.54, 1.807) is 9.30 Å². The van der Waals surface area contributed by atoms with Crippen LogP contribution < -0.4 is 0 Å². The molecule has 1 saturated heterocycles. The third-order valence-corrected chi connectivity index (χ3v) is 3.06. The van der Waals surface area contributed by atoms with Crippen LogP contribution in [0.5, 0.6) is 0 Å². The smallest absolute Gasteiger partial charge is 0.272 e. The Hall–Kier alpha value is -1.88. The predicted octanol–water partition coefficient (Wildman–Crippen LogP) is 0.459. The van der Waals surface area contributed by atoms with Gasteiger partial charge in [-0.25, -0.2) is 4.98 Å². The molecule has 88 valence electrons. The molecule has 2 aromatic heterocycles. The zero-order chi connectivity index (χ0) is 12.0. The van der Waals surface area contributed by atoms with Crippen molar-refractivity contribution in [2.75, 3.05) is 13.1 Å². The van der Waals surface area contributed by atoms with Gasteiger partial charge in [0.05, 0.1) is 11.8 Å². The van der Waals surface area contributed by atoms with Crippen molar-refractivity contribution in [1.82, 2.24) is 14.3 Å². The Kier molecular flexibility index (Phi) is 2.16. The Morgan fingerprint density at radius 3 is 2.94 bits per heavy atom. The zero-order valence-electron chi connectivity index (χ0n) is 9.50. The van der Waals surface area contributed by atoms with Crippen LogP contribution >= 0.6 is 0 Å². The van der Waals surface area contributed by atoms with E-state index in [1.165, 1.54) is 0 Å². The topological polar surface area (TPSA) is 57.8 Å². The molecule has 1 aliphatic heterocycles. The highest BCUT2D eigenvalue weighted by molar-refractivity contribution is 5.95. The standard InChI is InChI=1S/C12H13N3O2/c1-8-11(12(17)14-6-9(16)7-14)15-5-3-2-4-10(15)13-8/h2-5,9,16H,6-7H2,1H3. The first-order chi connectivity index (χ1) is 8.16. The summed E-state index contributed by atoms with van der Waals surface area (Å²) in [6.07, 6.45) is 1.46. The van der Waals surface area contributed by atoms with Gasteiger partial charge in [0.15, 0.2) is 0 Å². The van der Waals surface area contributed by atoms with Gasteiger partial charge in [-0.1, -0.05) is 6.07 Å². The molecule has 3 rings (SSSR count). The Morgan fingerprint density at radius 2 is 2.24 bits per heavy atom. The summed E-state index contributed by atoms with van der Waals surface area (Å²) in [6, 6.07) is 5.63. The summed E-state index contributed by atoms with van der Waals surface area (Å²) >= 11 is 0. The summed E-state index contributed by atoms with van der Waals surface area (Å²) in [6.45, 7) is 2.66. The van der Waals surface area contributed by atoms with Crippen LogP contribution in [0.4, 0.5) is 0 Å². The van der Waals surface area contributed by atoms with Gasteiger partial charge in [-0.2, -0.15) is 0 Å². The van der Waals surface area contributed by atoms with E-state index in [-0.39, 0.29) is 12.0 Å². The fraction of sp³-hybridized carbons (Fsp3) is 0.333. The van der Waals surface area contributed by atoms with Crippen molar-refractivity contribution in [3.05, 3.63) is 35.8 Å². The van der Waals surface area contributed by atoms with E-state index in [4.69, 9.17) is 0 Å². The number of carbonyl (C=O) groups excluding carboxylic acids is 1. The summed E-state index contributed by atoms with van der Waals surface area (Å²) in [5, 5.41) is 9.23. The van der Waals surface area contributed by atoms with E-state index in [2.05, 4.69) is 4.98 Å². The average molecular weight is 231 g/mol. The number of amides is 1. The van der Waals surface area contributed by atoms with Crippen molar-refractivity contribution < 1.29 is 9.90 Å². The van der Waals surface area contributed by atoms with Crippen molar-refractivity contribution in [2.24, 2.45) is 0 Å². The lowest BCUT2D eigenvalue weighted by Gasteiger charge is -2.35. The maximum absolute atomic E-state index is 12.2. The molecule has 5 nitrogen and oxygen atoms in total. The molecular formula is C12H13N3O2. The molecule has 0 unspecified atom stereocenters. The summed E-state index contributed by atoms with van der Waals surface area (Å²) in [5.41, 5.74) is 2.09. The van der Waals surface area contributed by atoms with Crippen LogP contribution in [0.1, 0.15) is 16.2 Å². The Bertz CT molecular complexity index is 584. The van der Waals surface area contributed by atoms with E-state index in [0.29, 0.717) is 18.8 Å². The fourth-order valence-electron chi connectivity index (χ4n) is 2.14. The normalized spacial score (nSPS) is 16.2. The maximum atomic E-state index is 12.2. The number of imidazole rings is 1. The van der Waals surface area contributed by atoms with Crippen molar-refractivity contribution in [1.29, 1.82) is 0 Å². The number of β-amino-alcohol motifs (C(OH)–C–C–N with tert-alkyl or cyclic N) is 1. The minimum atomic E-state index is -0.376. The molecule has 1 fully saturated rings. The number of rotatable bonds is 1. The summed E-state index contributed by atoms with van der Waals surface area (Å²) in [5.74, 6) is -0.0634. The fourth-order valence-corrected chi connectivity index (χ4v) is 2.14. The second kappa shape index (κ2) is 3.56. The largest absolute Gasteiger partial charge is 0.389 e. The summed E-state index contributed by atoms with van der Waals surface area (Å²) in [7, 11) is 0. The Morgan fingerprint density at radius 1 is 1.47 bits per heavy atom. The monoisotopic (exact) mass is 231 g/mol. The molecule has 1 N–H and O–H groups in total. The molecule has 1 aliphatic rings. The lowest BCUT2D eigenvalue weighted by molar-refractivity contribution is 0.00537. The Labute approximate surface area is 98.3 Å². The van der Waals surface area contributed by atoms with Gasteiger partial charge < -0.3 is 10.0 Å². The number of aliphatic hydroxyl groups excluding tert-OH is 1. The molecular weight excluding hydrogens is 218 g/mol. The number of fused-ring (bicyclic) bond motifs is 1. The molecule has 0 aromatic carbocycles. The first-order valence-corrected chi connectivity index (χ1v) is 5.58. The number of likely N-dealkylation sites (tertiary alicyclic amines) is 1. The number of carbonyl (C=O) groups is 1. The van der Waals surface area contributed by atoms with Crippen LogP contribution in [0, 0.1) is 6.92 Å². The second-order valence-corrected chi connectivity index (χ2v) is 4.34. The SMILES string of the molecule is Cc1nc2ccccn2c1C(=O)N1CC(O)C1. The van der Waals surface area contributed by atoms with Gasteiger partial charge in [0, 0.05) is 19.3 Å². The summed E-state index contributed by atoms with van der Waals surface area (Å²) in [4.78, 5) is 18.2. The quantitative estimate of drug-likeness (QED) is 0.775. The van der Waals surface area contributed by atoms with Crippen LogP contribution in [-0.2, 0) is 0 Å². The summed E-state index contributed by atoms with van der Waals surface area (Å²) < 4.78 is 1.79. The molecule has 0 saturated carbocycles. The molecule has 0 aliphatic carbocycles. The van der Waals surface area contributed by atoms with Crippen LogP contribution in [0.25, 0.3) is 5.65 Å². The van der Waals surface area contributed by atoms with Gasteiger partial charge >= 0.3 is 0 Å². The van der Waals surface area contributed by atoms with Crippen LogP contribution in [0.15, 0.2) is 24.4 Å². The number of hydrogen-bond donors (Lipinski definition) is 1. The van der Waals surface area contributed by atoms with Gasteiger partial charge in [0.25, 0.3) is 5.91 Å². The molecule has 3 heterocycles. The lowest BCUT2D eigenvalue weighted by atomic mass is 10.1. The molecule has 2 aromatic rings. The first-order valence-electron chi connectivity index (χ1n) is 5.58. The van der Waals surface area contributed by atoms with Gasteiger partial charge in [-0.3, -0.25) is 9.20 Å². The number of nitrogens with zero attached hydrogens (tertiary/aromatic N) is 3. The highest BCUT2D eigenvalue weighted by Gasteiger charge is 2.32. The Balaban J connectivity index is 2.04. The minimum Gasteiger partial charge on any atom is -0.389 e. The third-order valence-electron chi connectivity index (χ3n) is 3.06. The number of pyridine rings is 1. The van der Waals surface area contributed by atoms with Crippen LogP contribution in [-0.4, -0.2) is 44.5 Å². The van der Waals surface area contributed by atoms with Crippen molar-refractivity contribution in [3.63, 3.8) is 0 Å². The molecule has 0 spiro atoms. The van der Waals surface area contributed by atoms with E-state index >= 15 is 0 Å². The minimum absolute atomic E-state index is 0.0634. The average Bonchev–Trinajstić information content (AvgIpc) is 2.60. The number of aryl methyl sites for hydroxylation is 1. The number of hydrogen-bond acceptors (Lipinski definition) is 3. The second-order valence-electron chi connectivity index (χ2n) is 4.34. The van der Waals surface area contributed by atoms with Crippen molar-refractivity contribution in [2.45, 2.75) is 13.0 Å². The predicted molar refractivity (Wildman–Crippen MR) is 61.8 cm³/mol. The van der Waals surface area contributed by atoms with Crippen LogP contribution in [0.2, 0.25) is 0 Å². The molecule has 5 heteroatoms. The zero-order valence-corrected chi connectivity index (χ0v) is 9.50. The van der Waals surface area contributed by atoms with E-state index in [0.717, 1.165) is 11.3 Å². The maximum Gasteiger partial charge on any atom is 0.272 e. The number of aliphatic hydroxyl groups is 1. The van der Waals surface area contributed by atoms with Gasteiger partial charge in [-0.15, -0.1) is 0 Å². The van der Waals surface area contributed by atoms with Gasteiger partial charge in [0.1, 0.15) is 11.3 Å². The highest BCUT2D eigenvalue weighted by atomic mass is 16.3. The van der Waals surface area contributed by atoms with E-state index in [9.17, 15) is 9.90 Å². The van der Waals surface area contributed by atoms with E-state index in [1.807, 2.05) is 31.3 Å². The molecule has 0 radical (unpaired) electrons. The van der Waals surface area contributed by atoms with Crippen molar-refractivity contribution in [3.8, 4) is 0 Å². The van der Waals surface area contributed by atoms with Crippen molar-refractivity contribution >= 4 is 11.6 Å². The molecule has 1 amide bonds. The number of aromatic nitrogens is 2. The third kappa shape index (κ3) is 1.51. The first kappa shape index (κ1) is 10.3. The lowest BCUT2D eigenvalue weighted by Crippen LogP contribution is -2.53.